The van der Waals surface area contributed by atoms with E-state index in [1.165, 1.54) is 54.1 Å². The van der Waals surface area contributed by atoms with Gasteiger partial charge < -0.3 is 28.3 Å². The summed E-state index contributed by atoms with van der Waals surface area (Å²) in [4.78, 5) is 17.1. The summed E-state index contributed by atoms with van der Waals surface area (Å²) in [7, 11) is 0. The molecular formula is C97H71B6N11S2. The van der Waals surface area contributed by atoms with Gasteiger partial charge in [0.25, 0.3) is 0 Å². The maximum absolute atomic E-state index is 5.08. The highest BCUT2D eigenvalue weighted by molar-refractivity contribution is 7.24. The lowest BCUT2D eigenvalue weighted by molar-refractivity contribution is 1.29. The first-order valence-corrected chi connectivity index (χ1v) is 41.1. The smallest absolute Gasteiger partial charge is 0.388 e. The summed E-state index contributed by atoms with van der Waals surface area (Å²) in [6.45, 7) is -1.23. The number of rotatable bonds is 14. The van der Waals surface area contributed by atoms with Gasteiger partial charge in [-0.2, -0.15) is 0 Å². The van der Waals surface area contributed by atoms with Crippen LogP contribution in [0.3, 0.4) is 0 Å². The lowest BCUT2D eigenvalue weighted by atomic mass is 9.37. The van der Waals surface area contributed by atoms with E-state index < -0.39 is 0 Å². The number of hydrogen-bond acceptors (Lipinski definition) is 11. The van der Waals surface area contributed by atoms with Crippen LogP contribution in [0.2, 0.25) is 0 Å². The van der Waals surface area contributed by atoms with Crippen molar-refractivity contribution in [2.24, 2.45) is 0 Å². The van der Waals surface area contributed by atoms with Gasteiger partial charge in [-0.1, -0.05) is 338 Å². The Labute approximate surface area is 684 Å². The first-order chi connectivity index (χ1) is 57.6. The second-order valence-corrected chi connectivity index (χ2v) is 31.4. The molecule has 5 aromatic heterocycles. The number of imidazole rings is 2. The van der Waals surface area contributed by atoms with Crippen molar-refractivity contribution in [3.63, 3.8) is 0 Å². The number of hydrogen-bond donors (Lipinski definition) is 0. The largest absolute Gasteiger partial charge is 0.416 e. The first-order valence-electron chi connectivity index (χ1n) is 39.5. The maximum atomic E-state index is 5.08. The highest BCUT2D eigenvalue weighted by Crippen LogP contribution is 2.43. The summed E-state index contributed by atoms with van der Waals surface area (Å²) in [6.07, 6.45) is 1.93. The van der Waals surface area contributed by atoms with Gasteiger partial charge in [-0.25, -0.2) is 9.97 Å². The predicted octanol–water partition coefficient (Wildman–Crippen LogP) is 18.2. The molecule has 2 aliphatic rings. The van der Waals surface area contributed by atoms with E-state index in [1.54, 1.807) is 22.7 Å². The van der Waals surface area contributed by atoms with E-state index in [9.17, 15) is 0 Å². The molecule has 11 nitrogen and oxygen atoms in total. The molecule has 0 spiro atoms. The van der Waals surface area contributed by atoms with Gasteiger partial charge in [-0.15, -0.1) is 0 Å². The standard InChI is InChI=1S/C49H36B3N5S.C48H35B3N6S/c1-6-21-38(22-7-1)50-55(41-27-12-4-13-28-41)51(39-23-8-2-9-24-39)57(52(40-25-10-3-11-26-40)56(50)42-29-14-5-15-30-42)43-31-18-20-37(36-43)44-32-19-35-47-48(44)58-49-53-45-33-16-17-34-46(45)54(47)49;1-6-20-37(21-7-1)49-55(40-26-12-4-13-27-40)50(38-22-8-2-9-23-38)57(51(39-24-10-3-11-25-39)56(49)41-28-14-5-15-29-41)42-30-18-19-36(35-42)46-47-45(33-34-52-46)54-44-32-17-16-31-43(44)53-48(54)58-47/h1-36H;1-35H. The third-order valence-electron chi connectivity index (χ3n) is 22.6. The van der Waals surface area contributed by atoms with Crippen molar-refractivity contribution >= 4 is 184 Å². The van der Waals surface area contributed by atoms with Gasteiger partial charge in [-0.05, 0) is 148 Å². The van der Waals surface area contributed by atoms with Crippen LogP contribution in [-0.2, 0) is 0 Å². The molecule has 15 aromatic carbocycles. The van der Waals surface area contributed by atoms with Crippen LogP contribution in [0.15, 0.2) is 431 Å². The SMILES string of the molecule is c1ccc(B2N(c3ccccc3)B(c3ccccc3)N(c3cccc(-c4cccc5c4sc4nc6ccccc6n45)c3)B(c3ccccc3)N2c2ccccc2)cc1.c1ccc(B2N(c3ccccc3)B(c3ccccc3)N(c3cccc(-c4nccc5c4sc4nc6ccccc6n45)c3)B(c3ccccc3)N2c2ccccc2)cc1. The average molecular weight is 1520 g/mol. The van der Waals surface area contributed by atoms with Crippen molar-refractivity contribution in [2.75, 3.05) is 28.3 Å². The van der Waals surface area contributed by atoms with Crippen LogP contribution < -0.4 is 61.1 Å². The molecule has 0 unspecified atom stereocenters. The van der Waals surface area contributed by atoms with E-state index in [1.807, 2.05) is 12.3 Å². The maximum Gasteiger partial charge on any atom is 0.388 e. The van der Waals surface area contributed by atoms with Gasteiger partial charge in [0.05, 0.1) is 48.2 Å². The molecule has 0 amide bonds. The number of nitrogens with zero attached hydrogens (tertiary/aromatic N) is 11. The lowest BCUT2D eigenvalue weighted by Crippen LogP contribution is -2.86. The molecule has 2 fully saturated rings. The predicted molar refractivity (Wildman–Crippen MR) is 496 cm³/mol. The molecule has 0 N–H and O–H groups in total. The van der Waals surface area contributed by atoms with E-state index in [0.717, 1.165) is 87.6 Å². The minimum Gasteiger partial charge on any atom is -0.416 e. The van der Waals surface area contributed by atoms with Crippen molar-refractivity contribution in [2.45, 2.75) is 0 Å². The van der Waals surface area contributed by atoms with E-state index in [4.69, 9.17) is 15.0 Å². The summed E-state index contributed by atoms with van der Waals surface area (Å²) in [6, 6.07) is 153. The van der Waals surface area contributed by atoms with Crippen LogP contribution in [-0.4, -0.2) is 65.6 Å². The van der Waals surface area contributed by atoms with Gasteiger partial charge in [-0.3, -0.25) is 13.8 Å². The molecule has 0 aliphatic carbocycles. The number of fused-ring (bicyclic) bond motifs is 10. The van der Waals surface area contributed by atoms with Crippen LogP contribution in [0.5, 0.6) is 0 Å². The molecule has 0 radical (unpaired) electrons. The molecule has 20 aromatic rings. The fourth-order valence-electron chi connectivity index (χ4n) is 17.8. The van der Waals surface area contributed by atoms with Crippen molar-refractivity contribution in [1.29, 1.82) is 0 Å². The van der Waals surface area contributed by atoms with Gasteiger partial charge in [0, 0.05) is 51.4 Å². The Morgan fingerprint density at radius 3 is 0.845 bits per heavy atom. The molecule has 22 rings (SSSR count). The van der Waals surface area contributed by atoms with Crippen LogP contribution >= 0.6 is 22.7 Å². The Morgan fingerprint density at radius 2 is 0.483 bits per heavy atom. The van der Waals surface area contributed by atoms with E-state index in [-0.39, 0.29) is 41.9 Å². The number of aromatic nitrogens is 5. The second kappa shape index (κ2) is 30.5. The van der Waals surface area contributed by atoms with Crippen LogP contribution in [0.25, 0.3) is 74.8 Å². The van der Waals surface area contributed by atoms with E-state index in [0.29, 0.717) is 0 Å². The third kappa shape index (κ3) is 12.5. The van der Waals surface area contributed by atoms with Crippen LogP contribution in [0.4, 0.5) is 34.1 Å². The fourth-order valence-corrected chi connectivity index (χ4v) is 20.1. The van der Waals surface area contributed by atoms with E-state index in [2.05, 4.69) is 456 Å². The zero-order valence-electron chi connectivity index (χ0n) is 63.2. The number of thiazole rings is 2. The minimum atomic E-state index is -0.227. The van der Waals surface area contributed by atoms with Gasteiger partial charge >= 0.3 is 41.9 Å². The van der Waals surface area contributed by atoms with E-state index >= 15 is 0 Å². The molecule has 116 heavy (non-hydrogen) atoms. The zero-order chi connectivity index (χ0) is 76.8. The van der Waals surface area contributed by atoms with Gasteiger partial charge in [0.1, 0.15) is 0 Å². The zero-order valence-corrected chi connectivity index (χ0v) is 64.8. The van der Waals surface area contributed by atoms with Crippen LogP contribution in [0, 0.1) is 0 Å². The summed E-state index contributed by atoms with van der Waals surface area (Å²) >= 11 is 3.46. The number of anilines is 6. The lowest BCUT2D eigenvalue weighted by Gasteiger charge is -2.57. The topological polar surface area (TPSA) is 66.9 Å². The van der Waals surface area contributed by atoms with Crippen LogP contribution in [0.1, 0.15) is 0 Å². The Morgan fingerprint density at radius 1 is 0.216 bits per heavy atom. The first kappa shape index (κ1) is 69.9. The number of pyridine rings is 1. The molecule has 2 aliphatic heterocycles. The van der Waals surface area contributed by atoms with Crippen molar-refractivity contribution in [1.82, 2.24) is 23.8 Å². The van der Waals surface area contributed by atoms with Crippen molar-refractivity contribution < 1.29 is 0 Å². The van der Waals surface area contributed by atoms with Crippen molar-refractivity contribution in [3.8, 4) is 22.4 Å². The summed E-state index contributed by atoms with van der Waals surface area (Å²) in [5.41, 5.74) is 24.9. The quantitative estimate of drug-likeness (QED) is 0.0991. The Kier molecular flexibility index (Phi) is 18.4. The highest BCUT2D eigenvalue weighted by atomic mass is 32.1. The molecule has 544 valence electrons. The Balaban J connectivity index is 0.000000145. The molecule has 0 bridgehead atoms. The summed E-state index contributed by atoms with van der Waals surface area (Å²) in [5.74, 6) is 0. The fraction of sp³-hybridized carbons (Fsp3) is 0. The Hall–Kier alpha value is -14.0. The minimum absolute atomic E-state index is 0.174. The average Bonchev–Trinajstić information content (AvgIpc) is 1.09. The monoisotopic (exact) mass is 1520 g/mol. The van der Waals surface area contributed by atoms with Crippen molar-refractivity contribution in [3.05, 3.63) is 431 Å². The molecule has 0 atom stereocenters. The summed E-state index contributed by atoms with van der Waals surface area (Å²) in [5, 5.41) is 0. The number of benzene rings is 15. The molecule has 0 saturated carbocycles. The molecule has 2 saturated heterocycles. The molecule has 7 heterocycles. The Bertz CT molecular complexity index is 6240. The highest BCUT2D eigenvalue weighted by Gasteiger charge is 2.58. The summed E-state index contributed by atoms with van der Waals surface area (Å²) < 4.78 is 22.6. The molecule has 19 heteroatoms. The third-order valence-corrected chi connectivity index (χ3v) is 24.8. The normalized spacial score (nSPS) is 13.3. The van der Waals surface area contributed by atoms with Gasteiger partial charge in [0.2, 0.25) is 0 Å². The molecular weight excluding hydrogens is 1450 g/mol. The second-order valence-electron chi connectivity index (χ2n) is 29.4. The van der Waals surface area contributed by atoms with Gasteiger partial charge in [0.15, 0.2) is 9.92 Å². The number of para-hydroxylation sites is 8.